The number of anilines is 1. The van der Waals surface area contributed by atoms with Crippen LogP contribution in [0.3, 0.4) is 0 Å². The molecule has 0 aromatic heterocycles. The van der Waals surface area contributed by atoms with Crippen LogP contribution in [0.5, 0.6) is 0 Å². The Balaban J connectivity index is 1.55. The summed E-state index contributed by atoms with van der Waals surface area (Å²) in [6.45, 7) is 1.65. The summed E-state index contributed by atoms with van der Waals surface area (Å²) in [5, 5.41) is 2.61. The zero-order valence-corrected chi connectivity index (χ0v) is 17.1. The number of likely N-dealkylation sites (tertiary alicyclic amines) is 1. The third-order valence-corrected chi connectivity index (χ3v) is 6.80. The standard InChI is InChI=1S/C22H30N4O3/c1-23-19(27)15-25-16-26(18-9-3-2-4-10-18)22(21(25)29)11-13-24(14-12-22)20(28)17-7-5-6-8-17/h2-4,9-10,17H,5-8,11-16H2,1H3,(H,23,27). The van der Waals surface area contributed by atoms with Gasteiger partial charge in [-0.2, -0.15) is 0 Å². The van der Waals surface area contributed by atoms with E-state index in [1.807, 2.05) is 35.2 Å². The van der Waals surface area contributed by atoms with E-state index >= 15 is 0 Å². The Hall–Kier alpha value is -2.57. The molecule has 0 radical (unpaired) electrons. The van der Waals surface area contributed by atoms with Crippen LogP contribution >= 0.6 is 0 Å². The normalized spacial score (nSPS) is 21.8. The number of piperidine rings is 1. The van der Waals surface area contributed by atoms with Crippen LogP contribution in [-0.4, -0.2) is 66.4 Å². The summed E-state index contributed by atoms with van der Waals surface area (Å²) in [5.41, 5.74) is 0.304. The van der Waals surface area contributed by atoms with Gasteiger partial charge in [-0.25, -0.2) is 0 Å². The van der Waals surface area contributed by atoms with Gasteiger partial charge >= 0.3 is 0 Å². The van der Waals surface area contributed by atoms with Crippen molar-refractivity contribution in [1.82, 2.24) is 15.1 Å². The van der Waals surface area contributed by atoms with Gasteiger partial charge in [-0.15, -0.1) is 0 Å². The Labute approximate surface area is 172 Å². The fraction of sp³-hybridized carbons (Fsp3) is 0.591. The lowest BCUT2D eigenvalue weighted by Crippen LogP contribution is -2.58. The van der Waals surface area contributed by atoms with E-state index in [1.54, 1.807) is 11.9 Å². The Morgan fingerprint density at radius 3 is 2.38 bits per heavy atom. The second-order valence-corrected chi connectivity index (χ2v) is 8.42. The van der Waals surface area contributed by atoms with Crippen LogP contribution in [0.25, 0.3) is 0 Å². The number of carbonyl (C=O) groups excluding carboxylic acids is 3. The summed E-state index contributed by atoms with van der Waals surface area (Å²) in [5.74, 6) is 0.254. The van der Waals surface area contributed by atoms with Crippen molar-refractivity contribution in [2.45, 2.75) is 44.1 Å². The molecule has 2 aliphatic heterocycles. The van der Waals surface area contributed by atoms with Crippen LogP contribution < -0.4 is 10.2 Å². The van der Waals surface area contributed by atoms with E-state index in [0.717, 1.165) is 31.4 Å². The average Bonchev–Trinajstić information content (AvgIpc) is 3.38. The van der Waals surface area contributed by atoms with E-state index in [1.165, 1.54) is 0 Å². The van der Waals surface area contributed by atoms with Crippen LogP contribution in [0, 0.1) is 5.92 Å². The predicted molar refractivity (Wildman–Crippen MR) is 110 cm³/mol. The zero-order chi connectivity index (χ0) is 20.4. The van der Waals surface area contributed by atoms with Gasteiger partial charge in [0.2, 0.25) is 11.8 Å². The van der Waals surface area contributed by atoms with Crippen molar-refractivity contribution in [2.75, 3.05) is 38.3 Å². The van der Waals surface area contributed by atoms with Crippen molar-refractivity contribution >= 4 is 23.4 Å². The van der Waals surface area contributed by atoms with E-state index in [2.05, 4.69) is 10.2 Å². The van der Waals surface area contributed by atoms with E-state index in [-0.39, 0.29) is 30.2 Å². The van der Waals surface area contributed by atoms with Crippen LogP contribution in [0.2, 0.25) is 0 Å². The van der Waals surface area contributed by atoms with E-state index in [4.69, 9.17) is 0 Å². The number of hydrogen-bond donors (Lipinski definition) is 1. The van der Waals surface area contributed by atoms with E-state index < -0.39 is 5.54 Å². The topological polar surface area (TPSA) is 73.0 Å². The molecule has 1 N–H and O–H groups in total. The summed E-state index contributed by atoms with van der Waals surface area (Å²) in [6, 6.07) is 9.91. The Morgan fingerprint density at radius 1 is 1.10 bits per heavy atom. The van der Waals surface area contributed by atoms with Crippen LogP contribution in [0.1, 0.15) is 38.5 Å². The SMILES string of the molecule is CNC(=O)CN1CN(c2ccccc2)C2(CCN(C(=O)C3CCCC3)CC2)C1=O. The fourth-order valence-electron chi connectivity index (χ4n) is 5.10. The third-order valence-electron chi connectivity index (χ3n) is 6.80. The molecule has 7 nitrogen and oxygen atoms in total. The third kappa shape index (κ3) is 3.58. The van der Waals surface area contributed by atoms with Gasteiger partial charge in [-0.1, -0.05) is 31.0 Å². The number of carbonyl (C=O) groups is 3. The molecule has 3 amide bonds. The van der Waals surface area contributed by atoms with Gasteiger partial charge in [-0.3, -0.25) is 14.4 Å². The van der Waals surface area contributed by atoms with Crippen LogP contribution in [-0.2, 0) is 14.4 Å². The second kappa shape index (κ2) is 8.05. The Morgan fingerprint density at radius 2 is 1.76 bits per heavy atom. The first-order valence-corrected chi connectivity index (χ1v) is 10.7. The lowest BCUT2D eigenvalue weighted by Gasteiger charge is -2.43. The lowest BCUT2D eigenvalue weighted by molar-refractivity contribution is -0.141. The highest BCUT2D eigenvalue weighted by molar-refractivity contribution is 5.96. The number of benzene rings is 1. The molecule has 156 valence electrons. The maximum Gasteiger partial charge on any atom is 0.250 e. The van der Waals surface area contributed by atoms with Crippen molar-refractivity contribution in [1.29, 1.82) is 0 Å². The highest BCUT2D eigenvalue weighted by atomic mass is 16.2. The number of para-hydroxylation sites is 1. The predicted octanol–water partition coefficient (Wildman–Crippen LogP) is 1.59. The minimum atomic E-state index is -0.679. The fourth-order valence-corrected chi connectivity index (χ4v) is 5.10. The molecule has 1 saturated carbocycles. The van der Waals surface area contributed by atoms with Gasteiger partial charge in [0, 0.05) is 31.7 Å². The number of nitrogens with one attached hydrogen (secondary N) is 1. The average molecular weight is 399 g/mol. The summed E-state index contributed by atoms with van der Waals surface area (Å²) in [7, 11) is 1.58. The number of likely N-dealkylation sites (N-methyl/N-ethyl adjacent to an activating group) is 1. The molecule has 2 heterocycles. The monoisotopic (exact) mass is 398 g/mol. The van der Waals surface area contributed by atoms with Gasteiger partial charge in [-0.05, 0) is 37.8 Å². The van der Waals surface area contributed by atoms with Gasteiger partial charge < -0.3 is 20.0 Å². The second-order valence-electron chi connectivity index (χ2n) is 8.42. The summed E-state index contributed by atoms with van der Waals surface area (Å²) in [6.07, 6.45) is 5.48. The minimum Gasteiger partial charge on any atom is -0.358 e. The first-order chi connectivity index (χ1) is 14.0. The molecule has 1 spiro atoms. The van der Waals surface area contributed by atoms with E-state index in [0.29, 0.717) is 32.6 Å². The molecule has 1 aliphatic carbocycles. The molecule has 0 bridgehead atoms. The van der Waals surface area contributed by atoms with Crippen molar-refractivity contribution in [3.05, 3.63) is 30.3 Å². The molecule has 4 rings (SSSR count). The zero-order valence-electron chi connectivity index (χ0n) is 17.1. The van der Waals surface area contributed by atoms with Crippen LogP contribution in [0.15, 0.2) is 30.3 Å². The van der Waals surface area contributed by atoms with Gasteiger partial charge in [0.1, 0.15) is 12.1 Å². The van der Waals surface area contributed by atoms with E-state index in [9.17, 15) is 14.4 Å². The molecule has 3 aliphatic rings. The molecule has 7 heteroatoms. The van der Waals surface area contributed by atoms with Crippen LogP contribution in [0.4, 0.5) is 5.69 Å². The molecule has 0 unspecified atom stereocenters. The van der Waals surface area contributed by atoms with Gasteiger partial charge in [0.15, 0.2) is 0 Å². The minimum absolute atomic E-state index is 0.00193. The first kappa shape index (κ1) is 19.7. The maximum absolute atomic E-state index is 13.5. The highest BCUT2D eigenvalue weighted by Crippen LogP contribution is 2.40. The molecule has 1 aromatic rings. The molecular formula is C22H30N4O3. The first-order valence-electron chi connectivity index (χ1n) is 10.7. The number of rotatable bonds is 4. The largest absolute Gasteiger partial charge is 0.358 e. The molecule has 1 aromatic carbocycles. The summed E-state index contributed by atoms with van der Waals surface area (Å²) in [4.78, 5) is 44.0. The summed E-state index contributed by atoms with van der Waals surface area (Å²) < 4.78 is 0. The maximum atomic E-state index is 13.5. The molecule has 0 atom stereocenters. The summed E-state index contributed by atoms with van der Waals surface area (Å²) >= 11 is 0. The van der Waals surface area contributed by atoms with Crippen molar-refractivity contribution in [2.24, 2.45) is 5.92 Å². The highest BCUT2D eigenvalue weighted by Gasteiger charge is 2.54. The Kier molecular flexibility index (Phi) is 5.48. The number of nitrogens with zero attached hydrogens (tertiary/aromatic N) is 3. The van der Waals surface area contributed by atoms with Crippen molar-refractivity contribution in [3.63, 3.8) is 0 Å². The lowest BCUT2D eigenvalue weighted by atomic mass is 9.85. The van der Waals surface area contributed by atoms with Gasteiger partial charge in [0.25, 0.3) is 5.91 Å². The molecule has 29 heavy (non-hydrogen) atoms. The number of hydrogen-bond acceptors (Lipinski definition) is 4. The smallest absolute Gasteiger partial charge is 0.250 e. The van der Waals surface area contributed by atoms with Gasteiger partial charge in [0.05, 0.1) is 6.67 Å². The molecule has 3 fully saturated rings. The Bertz CT molecular complexity index is 768. The van der Waals surface area contributed by atoms with Crippen molar-refractivity contribution in [3.8, 4) is 0 Å². The molecular weight excluding hydrogens is 368 g/mol. The van der Waals surface area contributed by atoms with Crippen molar-refractivity contribution < 1.29 is 14.4 Å². The molecule has 2 saturated heterocycles. The quantitative estimate of drug-likeness (QED) is 0.836. The number of amides is 3.